The maximum atomic E-state index is 12.2. The lowest BCUT2D eigenvalue weighted by atomic mass is 9.84. The standard InChI is InChI=1S/C30H33N5O3/c1-30(18-38-17-26(30)36)35-15-21(16-35)11-20-5-3-19(4-6-20)7-8-23-13-33-28(31-2)25-14-32-27(12-24(23)25)34-29(37)22-9-10-22/h3-6,12-14,21-22,26,36H,9-11,15-18H2,1-2H3,(H,31,33)(H,32,34,37)/t26-,30+/m1/s1. The Labute approximate surface area is 222 Å². The summed E-state index contributed by atoms with van der Waals surface area (Å²) in [6, 6.07) is 10.3. The van der Waals surface area contributed by atoms with E-state index >= 15 is 0 Å². The van der Waals surface area contributed by atoms with Gasteiger partial charge in [0.05, 0.1) is 30.4 Å². The van der Waals surface area contributed by atoms with Crippen molar-refractivity contribution in [2.45, 2.75) is 37.8 Å². The van der Waals surface area contributed by atoms with Crippen LogP contribution in [0.2, 0.25) is 0 Å². The molecular weight excluding hydrogens is 478 g/mol. The molecule has 0 bridgehead atoms. The van der Waals surface area contributed by atoms with Gasteiger partial charge in [0.15, 0.2) is 0 Å². The molecule has 8 nitrogen and oxygen atoms in total. The Hall–Kier alpha value is -3.51. The molecule has 1 amide bonds. The molecule has 3 N–H and O–H groups in total. The summed E-state index contributed by atoms with van der Waals surface area (Å²) in [7, 11) is 1.82. The number of anilines is 2. The van der Waals surface area contributed by atoms with E-state index in [1.807, 2.05) is 13.1 Å². The van der Waals surface area contributed by atoms with Crippen LogP contribution >= 0.6 is 0 Å². The summed E-state index contributed by atoms with van der Waals surface area (Å²) >= 11 is 0. The molecule has 3 aliphatic rings. The van der Waals surface area contributed by atoms with Crippen molar-refractivity contribution >= 4 is 28.3 Å². The molecule has 1 saturated carbocycles. The van der Waals surface area contributed by atoms with Gasteiger partial charge in [-0.25, -0.2) is 9.97 Å². The van der Waals surface area contributed by atoms with Crippen molar-refractivity contribution in [2.24, 2.45) is 11.8 Å². The molecule has 3 fully saturated rings. The second kappa shape index (κ2) is 9.99. The number of likely N-dealkylation sites (tertiary alicyclic amines) is 1. The highest BCUT2D eigenvalue weighted by atomic mass is 16.5. The lowest BCUT2D eigenvalue weighted by Gasteiger charge is -2.50. The monoisotopic (exact) mass is 511 g/mol. The molecule has 0 radical (unpaired) electrons. The van der Waals surface area contributed by atoms with Crippen molar-refractivity contribution in [1.29, 1.82) is 0 Å². The van der Waals surface area contributed by atoms with Gasteiger partial charge in [-0.05, 0) is 55.9 Å². The zero-order chi connectivity index (χ0) is 26.3. The predicted octanol–water partition coefficient (Wildman–Crippen LogP) is 3.04. The quantitative estimate of drug-likeness (QED) is 0.438. The van der Waals surface area contributed by atoms with Crippen LogP contribution in [0.15, 0.2) is 42.7 Å². The highest BCUT2D eigenvalue weighted by molar-refractivity contribution is 5.99. The first-order valence-corrected chi connectivity index (χ1v) is 13.3. The number of carbonyl (C=O) groups is 1. The lowest BCUT2D eigenvalue weighted by molar-refractivity contribution is -0.117. The van der Waals surface area contributed by atoms with Gasteiger partial charge in [-0.3, -0.25) is 9.69 Å². The van der Waals surface area contributed by atoms with Gasteiger partial charge in [0.1, 0.15) is 11.6 Å². The van der Waals surface area contributed by atoms with Crippen LogP contribution in [0.5, 0.6) is 0 Å². The van der Waals surface area contributed by atoms with Crippen LogP contribution in [-0.4, -0.2) is 70.9 Å². The molecule has 8 heteroatoms. The molecule has 2 aliphatic heterocycles. The first-order valence-electron chi connectivity index (χ1n) is 13.3. The highest BCUT2D eigenvalue weighted by Crippen LogP contribution is 2.34. The molecule has 2 aromatic heterocycles. The number of aromatic nitrogens is 2. The molecule has 0 spiro atoms. The van der Waals surface area contributed by atoms with E-state index in [-0.39, 0.29) is 17.4 Å². The SMILES string of the molecule is CNc1ncc(C#Cc2ccc(CC3CN([C@@]4(C)COC[C@H]4O)C3)cc2)c2cc(NC(=O)C3CC3)ncc12. The maximum Gasteiger partial charge on any atom is 0.228 e. The topological polar surface area (TPSA) is 99.6 Å². The van der Waals surface area contributed by atoms with Crippen molar-refractivity contribution in [3.63, 3.8) is 0 Å². The summed E-state index contributed by atoms with van der Waals surface area (Å²) in [5.41, 5.74) is 2.76. The number of hydrogen-bond donors (Lipinski definition) is 3. The van der Waals surface area contributed by atoms with Gasteiger partial charge in [-0.1, -0.05) is 24.0 Å². The van der Waals surface area contributed by atoms with Crippen LogP contribution in [0.25, 0.3) is 10.8 Å². The molecule has 0 unspecified atom stereocenters. The van der Waals surface area contributed by atoms with E-state index < -0.39 is 6.10 Å². The number of aliphatic hydroxyl groups excluding tert-OH is 1. The van der Waals surface area contributed by atoms with Gasteiger partial charge in [0, 0.05) is 54.8 Å². The number of amides is 1. The number of hydrogen-bond acceptors (Lipinski definition) is 7. The molecule has 1 aromatic carbocycles. The van der Waals surface area contributed by atoms with Crippen LogP contribution in [0.4, 0.5) is 11.6 Å². The molecule has 38 heavy (non-hydrogen) atoms. The highest BCUT2D eigenvalue weighted by Gasteiger charge is 2.48. The summed E-state index contributed by atoms with van der Waals surface area (Å²) in [5, 5.41) is 18.1. The second-order valence-corrected chi connectivity index (χ2v) is 11.0. The first kappa shape index (κ1) is 24.8. The number of aliphatic hydroxyl groups is 1. The lowest BCUT2D eigenvalue weighted by Crippen LogP contribution is -2.63. The van der Waals surface area contributed by atoms with Crippen molar-refractivity contribution < 1.29 is 14.6 Å². The fraction of sp³-hybridized carbons (Fsp3) is 0.433. The van der Waals surface area contributed by atoms with Gasteiger partial charge >= 0.3 is 0 Å². The average Bonchev–Trinajstić information content (AvgIpc) is 3.70. The molecule has 196 valence electrons. The van der Waals surface area contributed by atoms with Gasteiger partial charge in [0.25, 0.3) is 0 Å². The summed E-state index contributed by atoms with van der Waals surface area (Å²) in [4.78, 5) is 23.5. The normalized spacial score (nSPS) is 23.5. The van der Waals surface area contributed by atoms with E-state index in [9.17, 15) is 9.90 Å². The van der Waals surface area contributed by atoms with Crippen molar-refractivity contribution in [3.05, 3.63) is 59.4 Å². The van der Waals surface area contributed by atoms with E-state index in [0.29, 0.717) is 24.9 Å². The zero-order valence-electron chi connectivity index (χ0n) is 21.8. The van der Waals surface area contributed by atoms with Crippen LogP contribution in [0.1, 0.15) is 36.5 Å². The Balaban J connectivity index is 1.14. The second-order valence-electron chi connectivity index (χ2n) is 11.0. The third kappa shape index (κ3) is 4.85. The Morgan fingerprint density at radius 2 is 1.95 bits per heavy atom. The molecular formula is C30H33N5O3. The molecule has 4 heterocycles. The fourth-order valence-corrected chi connectivity index (χ4v) is 5.34. The van der Waals surface area contributed by atoms with Crippen molar-refractivity contribution in [2.75, 3.05) is 44.0 Å². The van der Waals surface area contributed by atoms with Gasteiger partial charge in [-0.2, -0.15) is 0 Å². The molecule has 6 rings (SSSR count). The van der Waals surface area contributed by atoms with E-state index in [4.69, 9.17) is 4.74 Å². The van der Waals surface area contributed by atoms with Crippen LogP contribution in [0.3, 0.4) is 0 Å². The Bertz CT molecular complexity index is 1420. The van der Waals surface area contributed by atoms with Gasteiger partial charge < -0.3 is 20.5 Å². The Kier molecular flexibility index (Phi) is 6.52. The van der Waals surface area contributed by atoms with Crippen molar-refractivity contribution in [1.82, 2.24) is 14.9 Å². The third-order valence-electron chi connectivity index (χ3n) is 8.10. The van der Waals surface area contributed by atoms with Crippen LogP contribution in [-0.2, 0) is 16.0 Å². The maximum absolute atomic E-state index is 12.2. The molecule has 1 aliphatic carbocycles. The average molecular weight is 512 g/mol. The number of pyridine rings is 2. The fourth-order valence-electron chi connectivity index (χ4n) is 5.34. The summed E-state index contributed by atoms with van der Waals surface area (Å²) < 4.78 is 5.49. The van der Waals surface area contributed by atoms with Crippen LogP contribution in [0, 0.1) is 23.7 Å². The molecule has 2 atom stereocenters. The number of ether oxygens (including phenoxy) is 1. The molecule has 2 saturated heterocycles. The minimum atomic E-state index is -0.410. The van der Waals surface area contributed by atoms with Gasteiger partial charge in [0.2, 0.25) is 5.91 Å². The third-order valence-corrected chi connectivity index (χ3v) is 8.10. The first-order chi connectivity index (χ1) is 18.4. The number of benzene rings is 1. The number of rotatable bonds is 6. The Morgan fingerprint density at radius 1 is 1.16 bits per heavy atom. The summed E-state index contributed by atoms with van der Waals surface area (Å²) in [6.07, 6.45) is 5.99. The predicted molar refractivity (Wildman–Crippen MR) is 147 cm³/mol. The smallest absolute Gasteiger partial charge is 0.228 e. The number of nitrogens with zero attached hydrogens (tertiary/aromatic N) is 3. The molecule has 3 aromatic rings. The summed E-state index contributed by atoms with van der Waals surface area (Å²) in [5.74, 6) is 8.54. The zero-order valence-corrected chi connectivity index (χ0v) is 21.8. The number of carbonyl (C=O) groups excluding carboxylic acids is 1. The Morgan fingerprint density at radius 3 is 2.63 bits per heavy atom. The van der Waals surface area contributed by atoms with Crippen molar-refractivity contribution in [3.8, 4) is 11.8 Å². The summed E-state index contributed by atoms with van der Waals surface area (Å²) in [6.45, 7) is 5.10. The van der Waals surface area contributed by atoms with Crippen LogP contribution < -0.4 is 10.6 Å². The number of fused-ring (bicyclic) bond motifs is 1. The van der Waals surface area contributed by atoms with E-state index in [1.165, 1.54) is 5.56 Å². The minimum absolute atomic E-state index is 0.0291. The number of nitrogens with one attached hydrogen (secondary N) is 2. The van der Waals surface area contributed by atoms with Gasteiger partial charge in [-0.15, -0.1) is 0 Å². The van der Waals surface area contributed by atoms with E-state index in [0.717, 1.165) is 60.1 Å². The van der Waals surface area contributed by atoms with E-state index in [2.05, 4.69) is 68.5 Å². The van der Waals surface area contributed by atoms with E-state index in [1.54, 1.807) is 12.4 Å². The largest absolute Gasteiger partial charge is 0.389 e. The minimum Gasteiger partial charge on any atom is -0.389 e.